The SMILES string of the molecule is CCOc1ccccc1CNC(=O)C1CC(=O)N(c2cccc(NC(C)=O)c2)C1. The number of nitrogens with one attached hydrogen (secondary N) is 2. The van der Waals surface area contributed by atoms with Gasteiger partial charge in [-0.3, -0.25) is 14.4 Å². The molecule has 1 saturated heterocycles. The monoisotopic (exact) mass is 395 g/mol. The van der Waals surface area contributed by atoms with Crippen LogP contribution in [0.3, 0.4) is 0 Å². The third-order valence-electron chi connectivity index (χ3n) is 4.70. The maximum atomic E-state index is 12.6. The molecule has 0 radical (unpaired) electrons. The van der Waals surface area contributed by atoms with Gasteiger partial charge in [0.2, 0.25) is 17.7 Å². The van der Waals surface area contributed by atoms with Crippen molar-refractivity contribution >= 4 is 29.1 Å². The first-order valence-corrected chi connectivity index (χ1v) is 9.64. The lowest BCUT2D eigenvalue weighted by Crippen LogP contribution is -2.32. The van der Waals surface area contributed by atoms with E-state index in [-0.39, 0.29) is 24.1 Å². The molecule has 7 nitrogen and oxygen atoms in total. The number of rotatable bonds is 7. The summed E-state index contributed by atoms with van der Waals surface area (Å²) in [6.45, 7) is 4.54. The topological polar surface area (TPSA) is 87.7 Å². The molecule has 1 fully saturated rings. The minimum Gasteiger partial charge on any atom is -0.494 e. The van der Waals surface area contributed by atoms with Gasteiger partial charge in [-0.25, -0.2) is 0 Å². The van der Waals surface area contributed by atoms with E-state index in [2.05, 4.69) is 10.6 Å². The third-order valence-corrected chi connectivity index (χ3v) is 4.70. The number of carbonyl (C=O) groups excluding carboxylic acids is 3. The molecule has 1 atom stereocenters. The average molecular weight is 395 g/mol. The van der Waals surface area contributed by atoms with Crippen molar-refractivity contribution in [3.05, 3.63) is 54.1 Å². The second kappa shape index (κ2) is 9.23. The highest BCUT2D eigenvalue weighted by molar-refractivity contribution is 6.01. The van der Waals surface area contributed by atoms with Crippen molar-refractivity contribution in [1.82, 2.24) is 5.32 Å². The van der Waals surface area contributed by atoms with Gasteiger partial charge in [-0.05, 0) is 31.2 Å². The number of anilines is 2. The number of carbonyl (C=O) groups is 3. The Morgan fingerprint density at radius 1 is 1.17 bits per heavy atom. The summed E-state index contributed by atoms with van der Waals surface area (Å²) in [4.78, 5) is 37.9. The molecule has 1 aliphatic heterocycles. The van der Waals surface area contributed by atoms with Crippen molar-refractivity contribution in [3.63, 3.8) is 0 Å². The first-order chi connectivity index (χ1) is 14.0. The maximum absolute atomic E-state index is 12.6. The second-order valence-electron chi connectivity index (χ2n) is 6.90. The molecule has 0 bridgehead atoms. The number of benzene rings is 2. The van der Waals surface area contributed by atoms with Gasteiger partial charge in [-0.1, -0.05) is 24.3 Å². The number of nitrogens with zero attached hydrogens (tertiary/aromatic N) is 1. The van der Waals surface area contributed by atoms with Crippen LogP contribution in [-0.4, -0.2) is 30.9 Å². The van der Waals surface area contributed by atoms with Crippen molar-refractivity contribution in [2.75, 3.05) is 23.4 Å². The van der Waals surface area contributed by atoms with Crippen molar-refractivity contribution in [2.24, 2.45) is 5.92 Å². The fraction of sp³-hybridized carbons (Fsp3) is 0.318. The Bertz CT molecular complexity index is 912. The van der Waals surface area contributed by atoms with E-state index >= 15 is 0 Å². The van der Waals surface area contributed by atoms with E-state index < -0.39 is 5.92 Å². The van der Waals surface area contributed by atoms with Gasteiger partial charge >= 0.3 is 0 Å². The van der Waals surface area contributed by atoms with Gasteiger partial charge in [-0.15, -0.1) is 0 Å². The van der Waals surface area contributed by atoms with E-state index in [1.165, 1.54) is 6.92 Å². The summed E-state index contributed by atoms with van der Waals surface area (Å²) in [6, 6.07) is 14.6. The summed E-state index contributed by atoms with van der Waals surface area (Å²) in [7, 11) is 0. The van der Waals surface area contributed by atoms with E-state index in [9.17, 15) is 14.4 Å². The predicted octanol–water partition coefficient (Wildman–Crippen LogP) is 2.71. The second-order valence-corrected chi connectivity index (χ2v) is 6.90. The molecule has 2 N–H and O–H groups in total. The summed E-state index contributed by atoms with van der Waals surface area (Å²) in [6.07, 6.45) is 0.156. The maximum Gasteiger partial charge on any atom is 0.227 e. The molecule has 1 heterocycles. The lowest BCUT2D eigenvalue weighted by molar-refractivity contribution is -0.126. The van der Waals surface area contributed by atoms with Crippen LogP contribution in [0.4, 0.5) is 11.4 Å². The summed E-state index contributed by atoms with van der Waals surface area (Å²) < 4.78 is 5.58. The average Bonchev–Trinajstić information content (AvgIpc) is 3.09. The van der Waals surface area contributed by atoms with Crippen LogP contribution in [0.5, 0.6) is 5.75 Å². The molecule has 152 valence electrons. The standard InChI is InChI=1S/C22H25N3O4/c1-3-29-20-10-5-4-7-16(20)13-23-22(28)17-11-21(27)25(14-17)19-9-6-8-18(12-19)24-15(2)26/h4-10,12,17H,3,11,13-14H2,1-2H3,(H,23,28)(H,24,26). The van der Waals surface area contributed by atoms with Crippen LogP contribution in [0.25, 0.3) is 0 Å². The van der Waals surface area contributed by atoms with Crippen LogP contribution in [0.1, 0.15) is 25.8 Å². The molecule has 1 unspecified atom stereocenters. The lowest BCUT2D eigenvalue weighted by Gasteiger charge is -2.18. The zero-order valence-electron chi connectivity index (χ0n) is 16.6. The van der Waals surface area contributed by atoms with Crippen molar-refractivity contribution in [3.8, 4) is 5.75 Å². The first-order valence-electron chi connectivity index (χ1n) is 9.64. The Morgan fingerprint density at radius 3 is 2.72 bits per heavy atom. The molecule has 0 aromatic heterocycles. The largest absolute Gasteiger partial charge is 0.494 e. The van der Waals surface area contributed by atoms with Crippen molar-refractivity contribution in [2.45, 2.75) is 26.8 Å². The predicted molar refractivity (Wildman–Crippen MR) is 111 cm³/mol. The van der Waals surface area contributed by atoms with E-state index in [1.54, 1.807) is 29.2 Å². The van der Waals surface area contributed by atoms with Gasteiger partial charge < -0.3 is 20.3 Å². The number of para-hydroxylation sites is 1. The molecule has 3 amide bonds. The minimum absolute atomic E-state index is 0.111. The first kappa shape index (κ1) is 20.4. The zero-order chi connectivity index (χ0) is 20.8. The van der Waals surface area contributed by atoms with Crippen LogP contribution in [0.15, 0.2) is 48.5 Å². The molecular formula is C22H25N3O4. The molecule has 0 spiro atoms. The van der Waals surface area contributed by atoms with Gasteiger partial charge in [0.05, 0.1) is 12.5 Å². The molecule has 2 aromatic rings. The summed E-state index contributed by atoms with van der Waals surface area (Å²) in [5.74, 6) is -0.134. The fourth-order valence-electron chi connectivity index (χ4n) is 3.36. The van der Waals surface area contributed by atoms with Crippen LogP contribution in [0, 0.1) is 5.92 Å². The van der Waals surface area contributed by atoms with Crippen molar-refractivity contribution in [1.29, 1.82) is 0 Å². The zero-order valence-corrected chi connectivity index (χ0v) is 16.6. The molecule has 3 rings (SSSR count). The van der Waals surface area contributed by atoms with Crippen LogP contribution >= 0.6 is 0 Å². The third kappa shape index (κ3) is 5.13. The minimum atomic E-state index is -0.425. The highest BCUT2D eigenvalue weighted by atomic mass is 16.5. The molecule has 2 aromatic carbocycles. The van der Waals surface area contributed by atoms with E-state index in [1.807, 2.05) is 31.2 Å². The molecule has 7 heteroatoms. The van der Waals surface area contributed by atoms with Crippen molar-refractivity contribution < 1.29 is 19.1 Å². The van der Waals surface area contributed by atoms with Gasteiger partial charge in [0, 0.05) is 43.4 Å². The smallest absolute Gasteiger partial charge is 0.227 e. The highest BCUT2D eigenvalue weighted by Crippen LogP contribution is 2.27. The number of amides is 3. The van der Waals surface area contributed by atoms with Gasteiger partial charge in [0.1, 0.15) is 5.75 Å². The number of ether oxygens (including phenoxy) is 1. The van der Waals surface area contributed by atoms with Crippen LogP contribution < -0.4 is 20.3 Å². The number of hydrogen-bond donors (Lipinski definition) is 2. The van der Waals surface area contributed by atoms with Gasteiger partial charge in [0.15, 0.2) is 0 Å². The summed E-state index contributed by atoms with van der Waals surface area (Å²) in [5.41, 5.74) is 2.17. The number of hydrogen-bond acceptors (Lipinski definition) is 4. The van der Waals surface area contributed by atoms with E-state index in [0.29, 0.717) is 31.1 Å². The Labute approximate surface area is 170 Å². The lowest BCUT2D eigenvalue weighted by atomic mass is 10.1. The molecule has 0 aliphatic carbocycles. The summed E-state index contributed by atoms with van der Waals surface area (Å²) >= 11 is 0. The fourth-order valence-corrected chi connectivity index (χ4v) is 3.36. The van der Waals surface area contributed by atoms with Gasteiger partial charge in [0.25, 0.3) is 0 Å². The van der Waals surface area contributed by atoms with Crippen LogP contribution in [-0.2, 0) is 20.9 Å². The molecule has 0 saturated carbocycles. The van der Waals surface area contributed by atoms with Crippen LogP contribution in [0.2, 0.25) is 0 Å². The molecular weight excluding hydrogens is 370 g/mol. The van der Waals surface area contributed by atoms with E-state index in [0.717, 1.165) is 11.3 Å². The summed E-state index contributed by atoms with van der Waals surface area (Å²) in [5, 5.41) is 5.62. The van der Waals surface area contributed by atoms with Gasteiger partial charge in [-0.2, -0.15) is 0 Å². The Kier molecular flexibility index (Phi) is 6.49. The molecule has 29 heavy (non-hydrogen) atoms. The highest BCUT2D eigenvalue weighted by Gasteiger charge is 2.35. The Morgan fingerprint density at radius 2 is 1.97 bits per heavy atom. The normalized spacial score (nSPS) is 15.9. The Balaban J connectivity index is 1.63. The quantitative estimate of drug-likeness (QED) is 0.755. The molecule has 1 aliphatic rings. The Hall–Kier alpha value is -3.35. The van der Waals surface area contributed by atoms with E-state index in [4.69, 9.17) is 4.74 Å².